The molecule has 32 heavy (non-hydrogen) atoms. The molecule has 1 saturated heterocycles. The third-order valence-corrected chi connectivity index (χ3v) is 5.25. The molecule has 11 heteroatoms. The third kappa shape index (κ3) is 6.84. The summed E-state index contributed by atoms with van der Waals surface area (Å²) in [5, 5.41) is 7.30. The van der Waals surface area contributed by atoms with Crippen LogP contribution in [0.5, 0.6) is 0 Å². The predicted molar refractivity (Wildman–Crippen MR) is 127 cm³/mol. The van der Waals surface area contributed by atoms with Crippen LogP contribution >= 0.6 is 24.0 Å². The molecule has 1 aliphatic rings. The van der Waals surface area contributed by atoms with Crippen molar-refractivity contribution < 1.29 is 18.0 Å². The number of aromatic nitrogens is 2. The first-order valence-corrected chi connectivity index (χ1v) is 10.0. The number of aliphatic imine (C=N–C) groups is 1. The Balaban J connectivity index is 0.00000363. The molecule has 1 fully saturated rings. The van der Waals surface area contributed by atoms with Crippen molar-refractivity contribution in [1.82, 2.24) is 24.9 Å². The van der Waals surface area contributed by atoms with E-state index in [1.165, 1.54) is 11.0 Å². The standard InChI is InChI=1S/C21H27F3N6O.HI/c1-28(2)19(31)12-26-20(25-10-15-5-4-6-18(9-15)21(22,23)24)30-8-7-16(14-30)17-11-27-29(3)13-17;/h4-6,9,11,13,16H,7-8,10,12,14H2,1-3H3,(H,25,26);1H. The molecule has 1 atom stereocenters. The molecule has 2 heterocycles. The van der Waals surface area contributed by atoms with Gasteiger partial charge in [0.05, 0.1) is 24.8 Å². The lowest BCUT2D eigenvalue weighted by Crippen LogP contribution is -2.44. The zero-order chi connectivity index (χ0) is 22.6. The van der Waals surface area contributed by atoms with Crippen LogP contribution in [0.2, 0.25) is 0 Å². The highest BCUT2D eigenvalue weighted by molar-refractivity contribution is 14.0. The molecule has 0 aliphatic carbocycles. The number of likely N-dealkylation sites (tertiary alicyclic amines) is 1. The Hall–Kier alpha value is -2.31. The van der Waals surface area contributed by atoms with Gasteiger partial charge in [-0.25, -0.2) is 4.99 Å². The van der Waals surface area contributed by atoms with Crippen LogP contribution < -0.4 is 5.32 Å². The van der Waals surface area contributed by atoms with E-state index in [4.69, 9.17) is 0 Å². The molecule has 1 unspecified atom stereocenters. The van der Waals surface area contributed by atoms with Gasteiger partial charge >= 0.3 is 6.18 Å². The van der Waals surface area contributed by atoms with E-state index in [0.717, 1.165) is 30.7 Å². The number of guanidine groups is 1. The molecular formula is C21H28F3IN6O. The van der Waals surface area contributed by atoms with Gasteiger partial charge < -0.3 is 15.1 Å². The second-order valence-electron chi connectivity index (χ2n) is 7.86. The van der Waals surface area contributed by atoms with Crippen LogP contribution in [0.4, 0.5) is 13.2 Å². The zero-order valence-electron chi connectivity index (χ0n) is 18.3. The maximum atomic E-state index is 13.0. The minimum atomic E-state index is -4.40. The number of likely N-dealkylation sites (N-methyl/N-ethyl adjacent to an activating group) is 1. The lowest BCUT2D eigenvalue weighted by Gasteiger charge is -2.23. The lowest BCUT2D eigenvalue weighted by molar-refractivity contribution is -0.137. The van der Waals surface area contributed by atoms with Gasteiger partial charge in [-0.2, -0.15) is 18.3 Å². The van der Waals surface area contributed by atoms with Crippen LogP contribution in [0, 0.1) is 0 Å². The van der Waals surface area contributed by atoms with Crippen molar-refractivity contribution in [3.05, 3.63) is 53.3 Å². The second-order valence-corrected chi connectivity index (χ2v) is 7.86. The zero-order valence-corrected chi connectivity index (χ0v) is 20.6. The van der Waals surface area contributed by atoms with Gasteiger partial charge in [0.2, 0.25) is 5.91 Å². The van der Waals surface area contributed by atoms with Crippen LogP contribution in [0.1, 0.15) is 29.0 Å². The molecule has 0 bridgehead atoms. The number of rotatable bonds is 5. The van der Waals surface area contributed by atoms with E-state index in [9.17, 15) is 18.0 Å². The Kier molecular flexibility index (Phi) is 8.93. The van der Waals surface area contributed by atoms with Gasteiger partial charge in [-0.1, -0.05) is 12.1 Å². The largest absolute Gasteiger partial charge is 0.416 e. The normalized spacial score (nSPS) is 16.6. The highest BCUT2D eigenvalue weighted by atomic mass is 127. The Morgan fingerprint density at radius 3 is 2.72 bits per heavy atom. The number of alkyl halides is 3. The molecule has 0 spiro atoms. The Bertz CT molecular complexity index is 944. The Labute approximate surface area is 202 Å². The van der Waals surface area contributed by atoms with E-state index in [1.807, 2.05) is 24.3 Å². The molecule has 3 rings (SSSR count). The number of amides is 1. The van der Waals surface area contributed by atoms with Crippen molar-refractivity contribution in [2.24, 2.45) is 12.0 Å². The quantitative estimate of drug-likeness (QED) is 0.345. The van der Waals surface area contributed by atoms with Gasteiger partial charge in [0, 0.05) is 46.3 Å². The van der Waals surface area contributed by atoms with E-state index in [2.05, 4.69) is 15.4 Å². The topological polar surface area (TPSA) is 65.8 Å². The van der Waals surface area contributed by atoms with Crippen LogP contribution in [0.3, 0.4) is 0 Å². The van der Waals surface area contributed by atoms with Crippen molar-refractivity contribution in [3.8, 4) is 0 Å². The van der Waals surface area contributed by atoms with Crippen molar-refractivity contribution in [3.63, 3.8) is 0 Å². The maximum absolute atomic E-state index is 13.0. The number of carbonyl (C=O) groups excluding carboxylic acids is 1. The summed E-state index contributed by atoms with van der Waals surface area (Å²) in [7, 11) is 5.20. The number of nitrogens with zero attached hydrogens (tertiary/aromatic N) is 5. The van der Waals surface area contributed by atoms with Gasteiger partial charge in [-0.3, -0.25) is 9.48 Å². The first-order chi connectivity index (χ1) is 14.6. The fourth-order valence-electron chi connectivity index (χ4n) is 3.47. The molecule has 1 amide bonds. The first-order valence-electron chi connectivity index (χ1n) is 10.0. The fraction of sp³-hybridized carbons (Fsp3) is 0.476. The second kappa shape index (κ2) is 11.0. The van der Waals surface area contributed by atoms with E-state index >= 15 is 0 Å². The summed E-state index contributed by atoms with van der Waals surface area (Å²) in [4.78, 5) is 20.1. The van der Waals surface area contributed by atoms with Crippen LogP contribution in [-0.2, 0) is 24.6 Å². The maximum Gasteiger partial charge on any atom is 0.416 e. The number of nitrogens with one attached hydrogen (secondary N) is 1. The molecular weight excluding hydrogens is 536 g/mol. The van der Waals surface area contributed by atoms with Gasteiger partial charge in [-0.15, -0.1) is 24.0 Å². The number of halogens is 4. The van der Waals surface area contributed by atoms with E-state index in [0.29, 0.717) is 18.1 Å². The van der Waals surface area contributed by atoms with E-state index < -0.39 is 11.7 Å². The van der Waals surface area contributed by atoms with Crippen molar-refractivity contribution in [2.45, 2.75) is 25.1 Å². The number of aryl methyl sites for hydroxylation is 1. The van der Waals surface area contributed by atoms with E-state index in [1.54, 1.807) is 24.8 Å². The van der Waals surface area contributed by atoms with Crippen LogP contribution in [-0.4, -0.2) is 65.2 Å². The van der Waals surface area contributed by atoms with Crippen LogP contribution in [0.15, 0.2) is 41.7 Å². The smallest absolute Gasteiger partial charge is 0.347 e. The average Bonchev–Trinajstić information content (AvgIpc) is 3.36. The SMILES string of the molecule is CN(C)C(=O)CNC(=NCc1cccc(C(F)(F)F)c1)N1CCC(c2cnn(C)c2)C1.I. The fourth-order valence-corrected chi connectivity index (χ4v) is 3.47. The Morgan fingerprint density at radius 2 is 2.09 bits per heavy atom. The van der Waals surface area contributed by atoms with Crippen molar-refractivity contribution in [1.29, 1.82) is 0 Å². The minimum absolute atomic E-state index is 0. The third-order valence-electron chi connectivity index (χ3n) is 5.25. The summed E-state index contributed by atoms with van der Waals surface area (Å²) in [5.41, 5.74) is 0.887. The molecule has 2 aromatic rings. The number of hydrogen-bond acceptors (Lipinski definition) is 3. The van der Waals surface area contributed by atoms with Crippen molar-refractivity contribution in [2.75, 3.05) is 33.7 Å². The van der Waals surface area contributed by atoms with Crippen LogP contribution in [0.25, 0.3) is 0 Å². The summed E-state index contributed by atoms with van der Waals surface area (Å²) in [6.07, 6.45) is 0.329. The summed E-state index contributed by atoms with van der Waals surface area (Å²) in [6.45, 7) is 1.55. The molecule has 1 aliphatic heterocycles. The number of carbonyl (C=O) groups is 1. The van der Waals surface area contributed by atoms with Gasteiger partial charge in [0.15, 0.2) is 5.96 Å². The monoisotopic (exact) mass is 564 g/mol. The first kappa shape index (κ1) is 25.9. The highest BCUT2D eigenvalue weighted by Crippen LogP contribution is 2.30. The van der Waals surface area contributed by atoms with E-state index in [-0.39, 0.29) is 48.9 Å². The van der Waals surface area contributed by atoms with Crippen molar-refractivity contribution >= 4 is 35.8 Å². The van der Waals surface area contributed by atoms with Gasteiger partial charge in [0.1, 0.15) is 0 Å². The lowest BCUT2D eigenvalue weighted by atomic mass is 10.0. The molecule has 0 radical (unpaired) electrons. The number of benzene rings is 1. The molecule has 176 valence electrons. The van der Waals surface area contributed by atoms with Gasteiger partial charge in [-0.05, 0) is 29.7 Å². The highest BCUT2D eigenvalue weighted by Gasteiger charge is 2.30. The summed E-state index contributed by atoms with van der Waals surface area (Å²) in [6, 6.07) is 5.14. The average molecular weight is 564 g/mol. The molecule has 1 aromatic heterocycles. The Morgan fingerprint density at radius 1 is 1.34 bits per heavy atom. The molecule has 1 aromatic carbocycles. The number of hydrogen-bond donors (Lipinski definition) is 1. The summed E-state index contributed by atoms with van der Waals surface area (Å²) in [5.74, 6) is 0.674. The van der Waals surface area contributed by atoms with Gasteiger partial charge in [0.25, 0.3) is 0 Å². The predicted octanol–water partition coefficient (Wildman–Crippen LogP) is 3.08. The summed E-state index contributed by atoms with van der Waals surface area (Å²) >= 11 is 0. The summed E-state index contributed by atoms with van der Waals surface area (Å²) < 4.78 is 40.8. The minimum Gasteiger partial charge on any atom is -0.347 e. The molecule has 1 N–H and O–H groups in total. The molecule has 7 nitrogen and oxygen atoms in total. The molecule has 0 saturated carbocycles.